The van der Waals surface area contributed by atoms with Gasteiger partial charge in [-0.3, -0.25) is 15.1 Å². The number of hydrogen-bond acceptors (Lipinski definition) is 4. The van der Waals surface area contributed by atoms with E-state index in [9.17, 15) is 10.1 Å². The predicted octanol–water partition coefficient (Wildman–Crippen LogP) is 5.16. The predicted molar refractivity (Wildman–Crippen MR) is 102 cm³/mol. The molecule has 26 heavy (non-hydrogen) atoms. The highest BCUT2D eigenvalue weighted by atomic mass is 16.6. The minimum absolute atomic E-state index is 0.126. The van der Waals surface area contributed by atoms with Gasteiger partial charge in [0.05, 0.1) is 16.0 Å². The summed E-state index contributed by atoms with van der Waals surface area (Å²) in [5.41, 5.74) is 2.14. The summed E-state index contributed by atoms with van der Waals surface area (Å²) in [6, 6.07) is 7.37. The van der Waals surface area contributed by atoms with Crippen molar-refractivity contribution in [3.63, 3.8) is 0 Å². The van der Waals surface area contributed by atoms with Gasteiger partial charge in [-0.15, -0.1) is 0 Å². The number of hydrogen-bond donors (Lipinski definition) is 1. The van der Waals surface area contributed by atoms with Crippen LogP contribution in [0.1, 0.15) is 45.4 Å². The van der Waals surface area contributed by atoms with E-state index in [0.717, 1.165) is 23.4 Å². The number of nitrogens with zero attached hydrogens (tertiary/aromatic N) is 2. The van der Waals surface area contributed by atoms with E-state index in [0.29, 0.717) is 22.4 Å². The lowest BCUT2D eigenvalue weighted by atomic mass is 9.48. The number of benzene rings is 1. The van der Waals surface area contributed by atoms with Gasteiger partial charge in [0, 0.05) is 18.3 Å². The number of nitro benzene ring substituents is 1. The average Bonchev–Trinajstić information content (AvgIpc) is 2.60. The maximum absolute atomic E-state index is 11.3. The normalized spacial score (nSPS) is 33.3. The monoisotopic (exact) mass is 351 g/mol. The molecule has 0 saturated heterocycles. The van der Waals surface area contributed by atoms with Crippen LogP contribution in [-0.2, 0) is 0 Å². The third kappa shape index (κ3) is 2.40. The first-order chi connectivity index (χ1) is 12.5. The molecule has 0 spiro atoms. The summed E-state index contributed by atoms with van der Waals surface area (Å²) in [5.74, 6) is 2.74. The van der Waals surface area contributed by atoms with Gasteiger partial charge in [-0.25, -0.2) is 0 Å². The molecule has 5 heteroatoms. The van der Waals surface area contributed by atoms with Crippen LogP contribution < -0.4 is 5.32 Å². The molecule has 136 valence electrons. The SMILES string of the molecule is CC(Nc1ccc([N+](=O)[O-])c2cccnc12)C12CC3CC(CC(C3)C1)C2. The Bertz CT molecular complexity index is 843. The van der Waals surface area contributed by atoms with Crippen molar-refractivity contribution < 1.29 is 4.92 Å². The standard InChI is InChI=1S/C21H25N3O2/c1-13(21-10-14-7-15(11-21)9-16(8-14)12-21)23-18-4-5-19(24(25)26)17-3-2-6-22-20(17)18/h2-6,13-16,23H,7-12H2,1H3. The zero-order chi connectivity index (χ0) is 17.9. The molecule has 1 unspecified atom stereocenters. The first kappa shape index (κ1) is 16.0. The first-order valence-corrected chi connectivity index (χ1v) is 9.83. The maximum atomic E-state index is 11.3. The minimum Gasteiger partial charge on any atom is -0.380 e. The summed E-state index contributed by atoms with van der Waals surface area (Å²) >= 11 is 0. The molecule has 6 rings (SSSR count). The van der Waals surface area contributed by atoms with E-state index in [-0.39, 0.29) is 10.6 Å². The van der Waals surface area contributed by atoms with Gasteiger partial charge in [0.1, 0.15) is 5.52 Å². The molecule has 1 aromatic carbocycles. The van der Waals surface area contributed by atoms with Crippen LogP contribution in [0, 0.1) is 33.3 Å². The largest absolute Gasteiger partial charge is 0.380 e. The third-order valence-electron chi connectivity index (χ3n) is 7.32. The van der Waals surface area contributed by atoms with Crippen molar-refractivity contribution in [2.75, 3.05) is 5.32 Å². The summed E-state index contributed by atoms with van der Waals surface area (Å²) < 4.78 is 0. The van der Waals surface area contributed by atoms with Crippen LogP contribution in [0.3, 0.4) is 0 Å². The van der Waals surface area contributed by atoms with Gasteiger partial charge in [0.15, 0.2) is 0 Å². The number of rotatable bonds is 4. The van der Waals surface area contributed by atoms with E-state index in [2.05, 4.69) is 17.2 Å². The number of nitrogens with one attached hydrogen (secondary N) is 1. The van der Waals surface area contributed by atoms with E-state index in [1.165, 1.54) is 38.5 Å². The summed E-state index contributed by atoms with van der Waals surface area (Å²) in [5, 5.41) is 15.7. The van der Waals surface area contributed by atoms with Crippen molar-refractivity contribution in [1.29, 1.82) is 0 Å². The molecular formula is C21H25N3O2. The zero-order valence-electron chi connectivity index (χ0n) is 15.1. The topological polar surface area (TPSA) is 68.1 Å². The number of pyridine rings is 1. The van der Waals surface area contributed by atoms with Gasteiger partial charge in [-0.2, -0.15) is 0 Å². The van der Waals surface area contributed by atoms with Crippen molar-refractivity contribution >= 4 is 22.3 Å². The summed E-state index contributed by atoms with van der Waals surface area (Å²) in [6.07, 6.45) is 10.0. The first-order valence-electron chi connectivity index (χ1n) is 9.83. The molecular weight excluding hydrogens is 326 g/mol. The Kier molecular flexibility index (Phi) is 3.49. The molecule has 1 aromatic heterocycles. The highest BCUT2D eigenvalue weighted by Gasteiger charge is 2.53. The molecule has 5 nitrogen and oxygen atoms in total. The Morgan fingerprint density at radius 3 is 2.42 bits per heavy atom. The van der Waals surface area contributed by atoms with E-state index in [1.807, 2.05) is 6.07 Å². The quantitative estimate of drug-likeness (QED) is 0.610. The number of aromatic nitrogens is 1. The van der Waals surface area contributed by atoms with Crippen molar-refractivity contribution in [2.45, 2.75) is 51.5 Å². The fourth-order valence-corrected chi connectivity index (χ4v) is 6.53. The molecule has 4 aliphatic carbocycles. The van der Waals surface area contributed by atoms with E-state index < -0.39 is 0 Å². The van der Waals surface area contributed by atoms with Crippen LogP contribution in [0.5, 0.6) is 0 Å². The van der Waals surface area contributed by atoms with Gasteiger partial charge >= 0.3 is 0 Å². The molecule has 2 aromatic rings. The maximum Gasteiger partial charge on any atom is 0.278 e. The molecule has 1 heterocycles. The lowest BCUT2D eigenvalue weighted by molar-refractivity contribution is -0.383. The van der Waals surface area contributed by atoms with Gasteiger partial charge in [0.25, 0.3) is 5.69 Å². The molecule has 4 bridgehead atoms. The Morgan fingerprint density at radius 2 is 1.81 bits per heavy atom. The summed E-state index contributed by atoms with van der Waals surface area (Å²) in [4.78, 5) is 15.5. The molecule has 4 fully saturated rings. The van der Waals surface area contributed by atoms with Crippen LogP contribution in [0.2, 0.25) is 0 Å². The van der Waals surface area contributed by atoms with Crippen LogP contribution in [0.15, 0.2) is 30.5 Å². The Hall–Kier alpha value is -2.17. The van der Waals surface area contributed by atoms with Crippen LogP contribution >= 0.6 is 0 Å². The molecule has 1 atom stereocenters. The second-order valence-electron chi connectivity index (χ2n) is 8.93. The lowest BCUT2D eigenvalue weighted by Crippen LogP contribution is -2.52. The minimum atomic E-state index is -0.323. The molecule has 0 amide bonds. The van der Waals surface area contributed by atoms with Crippen molar-refractivity contribution in [1.82, 2.24) is 4.98 Å². The number of nitro groups is 1. The summed E-state index contributed by atoms with van der Waals surface area (Å²) in [7, 11) is 0. The Morgan fingerprint density at radius 1 is 1.15 bits per heavy atom. The number of fused-ring (bicyclic) bond motifs is 1. The van der Waals surface area contributed by atoms with Crippen LogP contribution in [0.4, 0.5) is 11.4 Å². The smallest absolute Gasteiger partial charge is 0.278 e. The van der Waals surface area contributed by atoms with Crippen LogP contribution in [-0.4, -0.2) is 15.9 Å². The second-order valence-corrected chi connectivity index (χ2v) is 8.93. The second kappa shape index (κ2) is 5.66. The van der Waals surface area contributed by atoms with E-state index in [4.69, 9.17) is 0 Å². The molecule has 1 N–H and O–H groups in total. The molecule has 0 aliphatic heterocycles. The van der Waals surface area contributed by atoms with Gasteiger partial charge in [-0.05, 0) is 86.8 Å². The molecule has 0 radical (unpaired) electrons. The van der Waals surface area contributed by atoms with Gasteiger partial charge in [0.2, 0.25) is 0 Å². The van der Waals surface area contributed by atoms with Crippen LogP contribution in [0.25, 0.3) is 10.9 Å². The van der Waals surface area contributed by atoms with Gasteiger partial charge in [-0.1, -0.05) is 0 Å². The van der Waals surface area contributed by atoms with E-state index in [1.54, 1.807) is 24.4 Å². The highest BCUT2D eigenvalue weighted by Crippen LogP contribution is 2.61. The molecule has 4 aliphatic rings. The third-order valence-corrected chi connectivity index (χ3v) is 7.32. The summed E-state index contributed by atoms with van der Waals surface area (Å²) in [6.45, 7) is 2.31. The number of anilines is 1. The molecule has 4 saturated carbocycles. The Labute approximate surface area is 153 Å². The van der Waals surface area contributed by atoms with Gasteiger partial charge < -0.3 is 5.32 Å². The van der Waals surface area contributed by atoms with Crippen molar-refractivity contribution in [3.8, 4) is 0 Å². The highest BCUT2D eigenvalue weighted by molar-refractivity contribution is 5.96. The van der Waals surface area contributed by atoms with Crippen molar-refractivity contribution in [2.24, 2.45) is 23.2 Å². The van der Waals surface area contributed by atoms with E-state index >= 15 is 0 Å². The number of non-ortho nitro benzene ring substituents is 1. The zero-order valence-corrected chi connectivity index (χ0v) is 15.1. The average molecular weight is 351 g/mol. The Balaban J connectivity index is 1.48. The van der Waals surface area contributed by atoms with Crippen molar-refractivity contribution in [3.05, 3.63) is 40.6 Å². The lowest BCUT2D eigenvalue weighted by Gasteiger charge is -2.59. The fraction of sp³-hybridized carbons (Fsp3) is 0.571. The fourth-order valence-electron chi connectivity index (χ4n) is 6.53.